The van der Waals surface area contributed by atoms with E-state index in [-0.39, 0.29) is 6.01 Å². The second kappa shape index (κ2) is 8.43. The maximum atomic E-state index is 12.5. The molecule has 118 valence electrons. The molecule has 3 aromatic rings. The number of pyridine rings is 1. The number of ether oxygens (including phenoxy) is 1. The number of nitrogen functional groups attached to an aromatic ring is 1. The molecule has 1 aromatic carbocycles. The van der Waals surface area contributed by atoms with Gasteiger partial charge in [-0.3, -0.25) is 4.98 Å². The summed E-state index contributed by atoms with van der Waals surface area (Å²) in [5, 5.41) is 0. The lowest BCUT2D eigenvalue weighted by Gasteiger charge is -2.04. The topological polar surface area (TPSA) is 73.9 Å². The number of rotatable bonds is 3. The Labute approximate surface area is 134 Å². The van der Waals surface area contributed by atoms with E-state index in [0.29, 0.717) is 6.61 Å². The van der Waals surface area contributed by atoms with E-state index < -0.39 is 5.82 Å². The first kappa shape index (κ1) is 16.4. The van der Waals surface area contributed by atoms with E-state index in [2.05, 4.69) is 15.0 Å². The predicted molar refractivity (Wildman–Crippen MR) is 86.2 cm³/mol. The zero-order valence-corrected chi connectivity index (χ0v) is 12.7. The molecule has 0 aliphatic heterocycles. The molecular weight excluding hydrogens is 295 g/mol. The third kappa shape index (κ3) is 6.09. The van der Waals surface area contributed by atoms with Gasteiger partial charge in [0.05, 0.1) is 12.4 Å². The van der Waals surface area contributed by atoms with Gasteiger partial charge in [-0.1, -0.05) is 29.8 Å². The van der Waals surface area contributed by atoms with Crippen LogP contribution >= 0.6 is 0 Å². The minimum absolute atomic E-state index is 0.182. The number of halogens is 1. The van der Waals surface area contributed by atoms with E-state index >= 15 is 0 Å². The molecule has 0 aliphatic carbocycles. The Hall–Kier alpha value is -3.02. The van der Waals surface area contributed by atoms with Crippen molar-refractivity contribution in [2.45, 2.75) is 13.5 Å². The van der Waals surface area contributed by atoms with Crippen LogP contribution < -0.4 is 10.5 Å². The number of hydrogen-bond donors (Lipinski definition) is 1. The standard InChI is InChI=1S/C12H11FN2O.C5H6N2/c1-9-2-4-10(5-3-9)8-16-12-14-6-11(13)7-15-12;6-5-1-3-7-4-2-5/h2-7H,8H2,1H3;1-4H,(H2,6,7). The number of hydrogen-bond acceptors (Lipinski definition) is 5. The molecule has 0 unspecified atom stereocenters. The zero-order chi connectivity index (χ0) is 16.5. The zero-order valence-electron chi connectivity index (χ0n) is 12.7. The Kier molecular flexibility index (Phi) is 5.99. The molecule has 0 saturated heterocycles. The number of benzene rings is 1. The minimum Gasteiger partial charge on any atom is -0.459 e. The van der Waals surface area contributed by atoms with Gasteiger partial charge in [0, 0.05) is 18.1 Å². The summed E-state index contributed by atoms with van der Waals surface area (Å²) in [7, 11) is 0. The third-order valence-electron chi connectivity index (χ3n) is 2.79. The van der Waals surface area contributed by atoms with Crippen molar-refractivity contribution >= 4 is 5.69 Å². The van der Waals surface area contributed by atoms with Gasteiger partial charge in [-0.2, -0.15) is 0 Å². The minimum atomic E-state index is -0.470. The Morgan fingerprint density at radius 1 is 1.00 bits per heavy atom. The lowest BCUT2D eigenvalue weighted by atomic mass is 10.2. The highest BCUT2D eigenvalue weighted by Crippen LogP contribution is 2.07. The Balaban J connectivity index is 0.000000229. The van der Waals surface area contributed by atoms with E-state index in [1.54, 1.807) is 24.5 Å². The normalized spacial score (nSPS) is 9.65. The fourth-order valence-corrected chi connectivity index (χ4v) is 1.57. The molecule has 6 heteroatoms. The van der Waals surface area contributed by atoms with Gasteiger partial charge < -0.3 is 10.5 Å². The van der Waals surface area contributed by atoms with Crippen LogP contribution in [0.1, 0.15) is 11.1 Å². The second-order valence-electron chi connectivity index (χ2n) is 4.74. The summed E-state index contributed by atoms with van der Waals surface area (Å²) in [4.78, 5) is 11.2. The van der Waals surface area contributed by atoms with E-state index in [1.807, 2.05) is 31.2 Å². The monoisotopic (exact) mass is 312 g/mol. The molecule has 0 amide bonds. The first-order valence-electron chi connectivity index (χ1n) is 6.95. The molecule has 3 rings (SSSR count). The van der Waals surface area contributed by atoms with Crippen LogP contribution in [-0.2, 0) is 6.61 Å². The quantitative estimate of drug-likeness (QED) is 0.804. The number of aromatic nitrogens is 3. The molecule has 0 bridgehead atoms. The molecule has 0 fully saturated rings. The Bertz CT molecular complexity index is 657. The average molecular weight is 312 g/mol. The summed E-state index contributed by atoms with van der Waals surface area (Å²) in [5.74, 6) is -0.470. The summed E-state index contributed by atoms with van der Waals surface area (Å²) in [5.41, 5.74) is 8.30. The van der Waals surface area contributed by atoms with Crippen molar-refractivity contribution in [2.24, 2.45) is 0 Å². The number of anilines is 1. The largest absolute Gasteiger partial charge is 0.459 e. The van der Waals surface area contributed by atoms with Crippen LogP contribution in [0.25, 0.3) is 0 Å². The lowest BCUT2D eigenvalue weighted by molar-refractivity contribution is 0.279. The highest BCUT2D eigenvalue weighted by molar-refractivity contribution is 5.33. The van der Waals surface area contributed by atoms with Gasteiger partial charge >= 0.3 is 6.01 Å². The lowest BCUT2D eigenvalue weighted by Crippen LogP contribution is -1.99. The third-order valence-corrected chi connectivity index (χ3v) is 2.79. The van der Waals surface area contributed by atoms with Gasteiger partial charge in [0.1, 0.15) is 6.61 Å². The van der Waals surface area contributed by atoms with Crippen molar-refractivity contribution in [2.75, 3.05) is 5.73 Å². The van der Waals surface area contributed by atoms with E-state index in [1.165, 1.54) is 5.56 Å². The molecule has 2 heterocycles. The first-order valence-corrected chi connectivity index (χ1v) is 6.95. The molecular formula is C17H17FN4O. The second-order valence-corrected chi connectivity index (χ2v) is 4.74. The summed E-state index contributed by atoms with van der Waals surface area (Å²) in [6, 6.07) is 11.6. The highest BCUT2D eigenvalue weighted by Gasteiger charge is 1.99. The van der Waals surface area contributed by atoms with Crippen LogP contribution in [0, 0.1) is 12.7 Å². The summed E-state index contributed by atoms with van der Waals surface area (Å²) < 4.78 is 17.8. The molecule has 0 saturated carbocycles. The molecule has 23 heavy (non-hydrogen) atoms. The first-order chi connectivity index (χ1) is 11.1. The predicted octanol–water partition coefficient (Wildman–Crippen LogP) is 3.17. The Morgan fingerprint density at radius 3 is 2.13 bits per heavy atom. The van der Waals surface area contributed by atoms with Crippen LogP contribution in [0.2, 0.25) is 0 Å². The number of nitrogens with two attached hydrogens (primary N) is 1. The molecule has 2 N–H and O–H groups in total. The van der Waals surface area contributed by atoms with E-state index in [0.717, 1.165) is 23.6 Å². The SMILES string of the molecule is Cc1ccc(COc2ncc(F)cn2)cc1.Nc1ccncc1. The maximum Gasteiger partial charge on any atom is 0.316 e. The van der Waals surface area contributed by atoms with Crippen molar-refractivity contribution in [3.05, 3.63) is 78.1 Å². The molecule has 0 radical (unpaired) electrons. The Morgan fingerprint density at radius 2 is 1.61 bits per heavy atom. The number of aryl methyl sites for hydroxylation is 1. The van der Waals surface area contributed by atoms with Crippen molar-refractivity contribution in [3.8, 4) is 6.01 Å². The van der Waals surface area contributed by atoms with Gasteiger partial charge in [-0.25, -0.2) is 14.4 Å². The highest BCUT2D eigenvalue weighted by atomic mass is 19.1. The van der Waals surface area contributed by atoms with Crippen LogP contribution in [-0.4, -0.2) is 15.0 Å². The van der Waals surface area contributed by atoms with Crippen LogP contribution in [0.15, 0.2) is 61.2 Å². The van der Waals surface area contributed by atoms with Crippen molar-refractivity contribution in [1.29, 1.82) is 0 Å². The average Bonchev–Trinajstić information content (AvgIpc) is 2.57. The van der Waals surface area contributed by atoms with Crippen molar-refractivity contribution in [3.63, 3.8) is 0 Å². The fraction of sp³-hybridized carbons (Fsp3) is 0.118. The molecule has 0 spiro atoms. The molecule has 0 atom stereocenters. The summed E-state index contributed by atoms with van der Waals surface area (Å²) >= 11 is 0. The maximum absolute atomic E-state index is 12.5. The van der Waals surface area contributed by atoms with Gasteiger partial charge in [0.15, 0.2) is 5.82 Å². The van der Waals surface area contributed by atoms with Crippen LogP contribution in [0.3, 0.4) is 0 Å². The van der Waals surface area contributed by atoms with Crippen LogP contribution in [0.4, 0.5) is 10.1 Å². The van der Waals surface area contributed by atoms with Crippen molar-refractivity contribution < 1.29 is 9.13 Å². The fourth-order valence-electron chi connectivity index (χ4n) is 1.57. The van der Waals surface area contributed by atoms with Gasteiger partial charge in [-0.15, -0.1) is 0 Å². The summed E-state index contributed by atoms with van der Waals surface area (Å²) in [6.45, 7) is 2.40. The molecule has 5 nitrogen and oxygen atoms in total. The smallest absolute Gasteiger partial charge is 0.316 e. The molecule has 2 aromatic heterocycles. The summed E-state index contributed by atoms with van der Waals surface area (Å²) in [6.07, 6.45) is 5.49. The van der Waals surface area contributed by atoms with Crippen LogP contribution in [0.5, 0.6) is 6.01 Å². The van der Waals surface area contributed by atoms with E-state index in [4.69, 9.17) is 10.5 Å². The van der Waals surface area contributed by atoms with Crippen molar-refractivity contribution in [1.82, 2.24) is 15.0 Å². The van der Waals surface area contributed by atoms with E-state index in [9.17, 15) is 4.39 Å². The van der Waals surface area contributed by atoms with Gasteiger partial charge in [0.2, 0.25) is 0 Å². The molecule has 0 aliphatic rings. The van der Waals surface area contributed by atoms with Gasteiger partial charge in [-0.05, 0) is 24.6 Å². The van der Waals surface area contributed by atoms with Gasteiger partial charge in [0.25, 0.3) is 0 Å². The number of nitrogens with zero attached hydrogens (tertiary/aromatic N) is 3.